The summed E-state index contributed by atoms with van der Waals surface area (Å²) in [7, 11) is 0. The zero-order chi connectivity index (χ0) is 14.1. The van der Waals surface area contributed by atoms with Crippen molar-refractivity contribution >= 4 is 5.97 Å². The number of ether oxygens (including phenoxy) is 1. The van der Waals surface area contributed by atoms with E-state index in [0.29, 0.717) is 12.2 Å². The minimum Gasteiger partial charge on any atom is -0.488 e. The lowest BCUT2D eigenvalue weighted by Crippen LogP contribution is -2.21. The minimum absolute atomic E-state index is 0.0196. The molecule has 2 aromatic rings. The van der Waals surface area contributed by atoms with Gasteiger partial charge >= 0.3 is 5.97 Å². The maximum Gasteiger partial charge on any atom is 0.309 e. The molecule has 1 N–H and O–H groups in total. The van der Waals surface area contributed by atoms with Gasteiger partial charge in [0.15, 0.2) is 0 Å². The normalized spacial score (nSPS) is 16.8. The average Bonchev–Trinajstić information content (AvgIpc) is 2.95. The number of fused-ring (bicyclic) bond motifs is 1. The molecule has 104 valence electrons. The molecule has 3 rings (SSSR count). The maximum atomic E-state index is 10.6. The van der Waals surface area contributed by atoms with Gasteiger partial charge in [-0.15, -0.1) is 5.10 Å². The number of aliphatic carboxylic acids is 1. The van der Waals surface area contributed by atoms with Crippen LogP contribution in [0, 0.1) is 6.92 Å². The van der Waals surface area contributed by atoms with Crippen LogP contribution in [-0.2, 0) is 24.2 Å². The lowest BCUT2D eigenvalue weighted by molar-refractivity contribution is -0.136. The van der Waals surface area contributed by atoms with Crippen LogP contribution in [0.15, 0.2) is 24.4 Å². The first kappa shape index (κ1) is 12.7. The summed E-state index contributed by atoms with van der Waals surface area (Å²) >= 11 is 0. The van der Waals surface area contributed by atoms with Gasteiger partial charge in [0.25, 0.3) is 0 Å². The summed E-state index contributed by atoms with van der Waals surface area (Å²) in [5, 5.41) is 16.5. The molecule has 0 bridgehead atoms. The van der Waals surface area contributed by atoms with E-state index in [2.05, 4.69) is 23.3 Å². The molecule has 1 aliphatic rings. The molecule has 0 spiro atoms. The molecule has 0 saturated heterocycles. The summed E-state index contributed by atoms with van der Waals surface area (Å²) in [6, 6.07) is 6.15. The maximum absolute atomic E-state index is 10.6. The number of hydrogen-bond donors (Lipinski definition) is 1. The molecule has 1 unspecified atom stereocenters. The van der Waals surface area contributed by atoms with E-state index in [4.69, 9.17) is 9.84 Å². The smallest absolute Gasteiger partial charge is 0.309 e. The minimum atomic E-state index is -0.906. The quantitative estimate of drug-likeness (QED) is 0.906. The van der Waals surface area contributed by atoms with Crippen LogP contribution in [0.2, 0.25) is 0 Å². The van der Waals surface area contributed by atoms with Gasteiger partial charge in [-0.3, -0.25) is 4.79 Å². The molecule has 0 radical (unpaired) electrons. The lowest BCUT2D eigenvalue weighted by Gasteiger charge is -2.09. The van der Waals surface area contributed by atoms with Crippen molar-refractivity contribution in [1.82, 2.24) is 15.0 Å². The van der Waals surface area contributed by atoms with Crippen molar-refractivity contribution in [3.05, 3.63) is 41.2 Å². The van der Waals surface area contributed by atoms with E-state index in [1.165, 1.54) is 11.1 Å². The fourth-order valence-electron chi connectivity index (χ4n) is 2.42. The number of rotatable bonds is 4. The standard InChI is InChI=1S/C14H15N3O3/c1-9-2-3-13-10(4-9)5-12(20-13)8-17-7-11(15-16-17)6-14(18)19/h2-4,7,12H,5-6,8H2,1H3,(H,18,19). The second kappa shape index (κ2) is 4.96. The van der Waals surface area contributed by atoms with Crippen LogP contribution in [0.4, 0.5) is 0 Å². The van der Waals surface area contributed by atoms with Gasteiger partial charge < -0.3 is 9.84 Å². The fourth-order valence-corrected chi connectivity index (χ4v) is 2.42. The number of carboxylic acid groups (broad SMARTS) is 1. The summed E-state index contributed by atoms with van der Waals surface area (Å²) in [6.07, 6.45) is 2.41. The van der Waals surface area contributed by atoms with E-state index in [1.54, 1.807) is 10.9 Å². The molecule has 20 heavy (non-hydrogen) atoms. The van der Waals surface area contributed by atoms with Gasteiger partial charge in [0.2, 0.25) is 0 Å². The zero-order valence-electron chi connectivity index (χ0n) is 11.1. The van der Waals surface area contributed by atoms with Gasteiger partial charge in [0, 0.05) is 12.6 Å². The number of benzene rings is 1. The van der Waals surface area contributed by atoms with Crippen molar-refractivity contribution < 1.29 is 14.6 Å². The van der Waals surface area contributed by atoms with E-state index in [1.807, 2.05) is 12.1 Å². The molecular formula is C14H15N3O3. The largest absolute Gasteiger partial charge is 0.488 e. The monoisotopic (exact) mass is 273 g/mol. The van der Waals surface area contributed by atoms with Crippen molar-refractivity contribution in [3.63, 3.8) is 0 Å². The van der Waals surface area contributed by atoms with Crippen LogP contribution < -0.4 is 4.74 Å². The van der Waals surface area contributed by atoms with Crippen LogP contribution in [0.5, 0.6) is 5.75 Å². The fraction of sp³-hybridized carbons (Fsp3) is 0.357. The molecule has 6 nitrogen and oxygen atoms in total. The van der Waals surface area contributed by atoms with Crippen molar-refractivity contribution in [2.45, 2.75) is 32.4 Å². The second-order valence-corrected chi connectivity index (χ2v) is 5.06. The Labute approximate surface area is 116 Å². The molecule has 0 amide bonds. The second-order valence-electron chi connectivity index (χ2n) is 5.06. The predicted molar refractivity (Wildman–Crippen MR) is 70.7 cm³/mol. The Morgan fingerprint density at radius 3 is 3.20 bits per heavy atom. The number of nitrogens with zero attached hydrogens (tertiary/aromatic N) is 3. The topological polar surface area (TPSA) is 77.2 Å². The van der Waals surface area contributed by atoms with Gasteiger partial charge in [0.1, 0.15) is 11.9 Å². The van der Waals surface area contributed by atoms with Crippen molar-refractivity contribution in [1.29, 1.82) is 0 Å². The third kappa shape index (κ3) is 2.64. The summed E-state index contributed by atoms with van der Waals surface area (Å²) in [4.78, 5) is 10.6. The van der Waals surface area contributed by atoms with Crippen LogP contribution in [0.1, 0.15) is 16.8 Å². The van der Waals surface area contributed by atoms with E-state index < -0.39 is 5.97 Å². The highest BCUT2D eigenvalue weighted by atomic mass is 16.5. The number of carboxylic acids is 1. The van der Waals surface area contributed by atoms with Gasteiger partial charge in [-0.05, 0) is 18.6 Å². The lowest BCUT2D eigenvalue weighted by atomic mass is 10.1. The first-order valence-corrected chi connectivity index (χ1v) is 6.47. The molecule has 0 aliphatic carbocycles. The molecular weight excluding hydrogens is 258 g/mol. The first-order chi connectivity index (χ1) is 9.60. The van der Waals surface area contributed by atoms with E-state index in [0.717, 1.165) is 12.2 Å². The number of aromatic nitrogens is 3. The summed E-state index contributed by atoms with van der Waals surface area (Å²) < 4.78 is 7.49. The number of carbonyl (C=O) groups is 1. The van der Waals surface area contributed by atoms with E-state index in [9.17, 15) is 4.79 Å². The Morgan fingerprint density at radius 2 is 2.40 bits per heavy atom. The van der Waals surface area contributed by atoms with Crippen molar-refractivity contribution in [3.8, 4) is 5.75 Å². The van der Waals surface area contributed by atoms with Crippen LogP contribution in [0.3, 0.4) is 0 Å². The van der Waals surface area contributed by atoms with E-state index in [-0.39, 0.29) is 12.5 Å². The zero-order valence-corrected chi connectivity index (χ0v) is 11.1. The highest BCUT2D eigenvalue weighted by molar-refractivity contribution is 5.69. The van der Waals surface area contributed by atoms with Crippen molar-refractivity contribution in [2.24, 2.45) is 0 Å². The highest BCUT2D eigenvalue weighted by Gasteiger charge is 2.23. The summed E-state index contributed by atoms with van der Waals surface area (Å²) in [6.45, 7) is 2.63. The first-order valence-electron chi connectivity index (χ1n) is 6.47. The molecule has 1 aromatic heterocycles. The third-order valence-electron chi connectivity index (χ3n) is 3.27. The molecule has 1 aromatic carbocycles. The molecule has 1 atom stereocenters. The molecule has 6 heteroatoms. The third-order valence-corrected chi connectivity index (χ3v) is 3.27. The number of hydrogen-bond acceptors (Lipinski definition) is 4. The van der Waals surface area contributed by atoms with E-state index >= 15 is 0 Å². The van der Waals surface area contributed by atoms with Gasteiger partial charge in [0.05, 0.1) is 18.7 Å². The SMILES string of the molecule is Cc1ccc2c(c1)CC(Cn1cc(CC(=O)O)nn1)O2. The molecule has 0 fully saturated rings. The Bertz CT molecular complexity index is 651. The molecule has 2 heterocycles. The Kier molecular flexibility index (Phi) is 3.14. The predicted octanol–water partition coefficient (Wildman–Crippen LogP) is 1.22. The Hall–Kier alpha value is -2.37. The summed E-state index contributed by atoms with van der Waals surface area (Å²) in [5.74, 6) is 0.0171. The van der Waals surface area contributed by atoms with Crippen molar-refractivity contribution in [2.75, 3.05) is 0 Å². The van der Waals surface area contributed by atoms with Gasteiger partial charge in [-0.2, -0.15) is 0 Å². The highest BCUT2D eigenvalue weighted by Crippen LogP contribution is 2.29. The van der Waals surface area contributed by atoms with Crippen LogP contribution >= 0.6 is 0 Å². The summed E-state index contributed by atoms with van der Waals surface area (Å²) in [5.41, 5.74) is 2.89. The Morgan fingerprint density at radius 1 is 1.55 bits per heavy atom. The molecule has 1 aliphatic heterocycles. The Balaban J connectivity index is 1.65. The van der Waals surface area contributed by atoms with Crippen LogP contribution in [0.25, 0.3) is 0 Å². The average molecular weight is 273 g/mol. The van der Waals surface area contributed by atoms with Crippen LogP contribution in [-0.4, -0.2) is 32.2 Å². The van der Waals surface area contributed by atoms with Gasteiger partial charge in [-0.25, -0.2) is 4.68 Å². The number of aryl methyl sites for hydroxylation is 1. The van der Waals surface area contributed by atoms with Gasteiger partial charge in [-0.1, -0.05) is 22.9 Å². The molecule has 0 saturated carbocycles.